The van der Waals surface area contributed by atoms with Gasteiger partial charge in [-0.25, -0.2) is 4.79 Å². The number of amides is 1. The fourth-order valence-electron chi connectivity index (χ4n) is 1.70. The van der Waals surface area contributed by atoms with Crippen molar-refractivity contribution < 1.29 is 19.8 Å². The van der Waals surface area contributed by atoms with Crippen LogP contribution in [0.2, 0.25) is 0 Å². The first-order valence-electron chi connectivity index (χ1n) is 5.64. The molecule has 0 saturated carbocycles. The summed E-state index contributed by atoms with van der Waals surface area (Å²) in [5.74, 6) is -1.84. The van der Waals surface area contributed by atoms with Crippen LogP contribution in [-0.2, 0) is 4.79 Å². The summed E-state index contributed by atoms with van der Waals surface area (Å²) < 4.78 is 0. The van der Waals surface area contributed by atoms with E-state index in [9.17, 15) is 14.7 Å². The summed E-state index contributed by atoms with van der Waals surface area (Å²) in [4.78, 5) is 22.8. The number of carbonyl (C=O) groups excluding carboxylic acids is 1. The summed E-state index contributed by atoms with van der Waals surface area (Å²) in [6, 6.07) is 3.48. The Morgan fingerprint density at radius 3 is 2.79 bits per heavy atom. The van der Waals surface area contributed by atoms with Crippen LogP contribution in [0.5, 0.6) is 0 Å². The predicted octanol–water partition coefficient (Wildman–Crippen LogP) is 0.127. The smallest absolute Gasteiger partial charge is 0.328 e. The van der Waals surface area contributed by atoms with Gasteiger partial charge in [-0.1, -0.05) is 0 Å². The Hall–Kier alpha value is -2.41. The van der Waals surface area contributed by atoms with Gasteiger partial charge in [-0.3, -0.25) is 9.89 Å². The number of nitrogens with zero attached hydrogens (tertiary/aromatic N) is 1. The van der Waals surface area contributed by atoms with Gasteiger partial charge in [-0.15, -0.1) is 0 Å². The van der Waals surface area contributed by atoms with Crippen molar-refractivity contribution in [3.8, 4) is 0 Å². The van der Waals surface area contributed by atoms with Gasteiger partial charge in [0, 0.05) is 10.9 Å². The Labute approximate surface area is 108 Å². The van der Waals surface area contributed by atoms with Crippen LogP contribution in [0.15, 0.2) is 24.4 Å². The van der Waals surface area contributed by atoms with Crippen molar-refractivity contribution in [3.63, 3.8) is 0 Å². The molecule has 2 unspecified atom stereocenters. The largest absolute Gasteiger partial charge is 0.480 e. The van der Waals surface area contributed by atoms with Gasteiger partial charge in [-0.2, -0.15) is 5.10 Å². The number of carboxylic acid groups (broad SMARTS) is 1. The highest BCUT2D eigenvalue weighted by Gasteiger charge is 2.25. The Morgan fingerprint density at radius 2 is 2.16 bits per heavy atom. The Kier molecular flexibility index (Phi) is 3.48. The van der Waals surface area contributed by atoms with E-state index in [1.54, 1.807) is 24.4 Å². The Morgan fingerprint density at radius 1 is 1.42 bits per heavy atom. The molecule has 0 fully saturated rings. The number of aliphatic carboxylic acids is 1. The van der Waals surface area contributed by atoms with E-state index in [1.165, 1.54) is 6.92 Å². The number of H-pyrrole nitrogens is 1. The first-order chi connectivity index (χ1) is 8.99. The lowest BCUT2D eigenvalue weighted by atomic mass is 10.1. The molecule has 7 heteroatoms. The van der Waals surface area contributed by atoms with Crippen LogP contribution in [0.3, 0.4) is 0 Å². The van der Waals surface area contributed by atoms with Crippen molar-refractivity contribution in [2.75, 3.05) is 0 Å². The molecule has 0 aliphatic heterocycles. The molecule has 1 aromatic carbocycles. The summed E-state index contributed by atoms with van der Waals surface area (Å²) in [5.41, 5.74) is 1.09. The van der Waals surface area contributed by atoms with Gasteiger partial charge in [-0.05, 0) is 25.1 Å². The number of carboxylic acids is 1. The van der Waals surface area contributed by atoms with Gasteiger partial charge >= 0.3 is 5.97 Å². The lowest BCUT2D eigenvalue weighted by Crippen LogP contribution is -2.47. The summed E-state index contributed by atoms with van der Waals surface area (Å²) in [7, 11) is 0. The van der Waals surface area contributed by atoms with Crippen LogP contribution in [0.25, 0.3) is 10.9 Å². The third-order valence-corrected chi connectivity index (χ3v) is 2.74. The van der Waals surface area contributed by atoms with E-state index < -0.39 is 24.0 Å². The maximum absolute atomic E-state index is 11.9. The molecule has 0 aliphatic rings. The standard InChI is InChI=1S/C12H13N3O4/c1-6(16)10(12(18)19)14-11(17)7-2-3-9-8(4-7)5-13-15-9/h2-6,10,16H,1H3,(H,13,15)(H,14,17)(H,18,19). The molecule has 100 valence electrons. The molecule has 2 rings (SSSR count). The van der Waals surface area contributed by atoms with Crippen molar-refractivity contribution in [2.24, 2.45) is 0 Å². The van der Waals surface area contributed by atoms with Crippen LogP contribution in [-0.4, -0.2) is 44.4 Å². The maximum atomic E-state index is 11.9. The zero-order valence-corrected chi connectivity index (χ0v) is 10.1. The lowest BCUT2D eigenvalue weighted by Gasteiger charge is -2.16. The molecular formula is C12H13N3O4. The average molecular weight is 263 g/mol. The fraction of sp³-hybridized carbons (Fsp3) is 0.250. The molecule has 0 bridgehead atoms. The van der Waals surface area contributed by atoms with Gasteiger partial charge in [0.15, 0.2) is 6.04 Å². The molecule has 2 aromatic rings. The number of hydrogen-bond donors (Lipinski definition) is 4. The van der Waals surface area contributed by atoms with E-state index in [2.05, 4.69) is 15.5 Å². The molecule has 7 nitrogen and oxygen atoms in total. The number of aliphatic hydroxyl groups is 1. The van der Waals surface area contributed by atoms with Crippen molar-refractivity contribution in [3.05, 3.63) is 30.0 Å². The highest BCUT2D eigenvalue weighted by Crippen LogP contribution is 2.13. The van der Waals surface area contributed by atoms with Crippen LogP contribution in [0.4, 0.5) is 0 Å². The van der Waals surface area contributed by atoms with E-state index in [0.717, 1.165) is 10.9 Å². The van der Waals surface area contributed by atoms with E-state index in [0.29, 0.717) is 5.56 Å². The van der Waals surface area contributed by atoms with Crippen LogP contribution >= 0.6 is 0 Å². The third kappa shape index (κ3) is 2.71. The molecule has 0 spiro atoms. The number of rotatable bonds is 4. The van der Waals surface area contributed by atoms with Crippen molar-refractivity contribution in [1.82, 2.24) is 15.5 Å². The van der Waals surface area contributed by atoms with E-state index in [4.69, 9.17) is 5.11 Å². The van der Waals surface area contributed by atoms with Crippen molar-refractivity contribution in [1.29, 1.82) is 0 Å². The van der Waals surface area contributed by atoms with Gasteiger partial charge in [0.1, 0.15) is 0 Å². The number of benzene rings is 1. The van der Waals surface area contributed by atoms with E-state index >= 15 is 0 Å². The SMILES string of the molecule is CC(O)C(NC(=O)c1ccc2[nH]ncc2c1)C(=O)O. The summed E-state index contributed by atoms with van der Waals surface area (Å²) in [5, 5.41) is 27.8. The quantitative estimate of drug-likeness (QED) is 0.625. The average Bonchev–Trinajstić information content (AvgIpc) is 2.81. The fourth-order valence-corrected chi connectivity index (χ4v) is 1.70. The molecule has 2 atom stereocenters. The van der Waals surface area contributed by atoms with Gasteiger partial charge < -0.3 is 15.5 Å². The second-order valence-corrected chi connectivity index (χ2v) is 4.20. The Balaban J connectivity index is 2.21. The second-order valence-electron chi connectivity index (χ2n) is 4.20. The number of aliphatic hydroxyl groups excluding tert-OH is 1. The maximum Gasteiger partial charge on any atom is 0.328 e. The summed E-state index contributed by atoms with van der Waals surface area (Å²) in [6.45, 7) is 1.30. The topological polar surface area (TPSA) is 115 Å². The normalized spacial score (nSPS) is 14.0. The van der Waals surface area contributed by atoms with Crippen molar-refractivity contribution >= 4 is 22.8 Å². The molecule has 0 radical (unpaired) electrons. The molecule has 4 N–H and O–H groups in total. The number of fused-ring (bicyclic) bond motifs is 1. The Bertz CT molecular complexity index is 620. The first-order valence-corrected chi connectivity index (χ1v) is 5.64. The monoisotopic (exact) mass is 263 g/mol. The number of nitrogens with one attached hydrogen (secondary N) is 2. The van der Waals surface area contributed by atoms with Crippen LogP contribution < -0.4 is 5.32 Å². The summed E-state index contributed by atoms with van der Waals surface area (Å²) in [6.07, 6.45) is 0.384. The zero-order valence-electron chi connectivity index (χ0n) is 10.1. The number of aromatic amines is 1. The lowest BCUT2D eigenvalue weighted by molar-refractivity contribution is -0.141. The number of hydrogen-bond acceptors (Lipinski definition) is 4. The third-order valence-electron chi connectivity index (χ3n) is 2.74. The molecule has 0 saturated heterocycles. The minimum absolute atomic E-state index is 0.306. The highest BCUT2D eigenvalue weighted by molar-refractivity contribution is 5.99. The van der Waals surface area contributed by atoms with Crippen LogP contribution in [0.1, 0.15) is 17.3 Å². The van der Waals surface area contributed by atoms with Gasteiger partial charge in [0.2, 0.25) is 0 Å². The predicted molar refractivity (Wildman–Crippen MR) is 66.7 cm³/mol. The zero-order chi connectivity index (χ0) is 14.0. The van der Waals surface area contributed by atoms with Gasteiger partial charge in [0.25, 0.3) is 5.91 Å². The first kappa shape index (κ1) is 13.0. The molecular weight excluding hydrogens is 250 g/mol. The molecule has 19 heavy (non-hydrogen) atoms. The van der Waals surface area contributed by atoms with Crippen molar-refractivity contribution in [2.45, 2.75) is 19.1 Å². The second kappa shape index (κ2) is 5.07. The van der Waals surface area contributed by atoms with E-state index in [-0.39, 0.29) is 0 Å². The molecule has 0 aliphatic carbocycles. The molecule has 1 aromatic heterocycles. The molecule has 1 heterocycles. The van der Waals surface area contributed by atoms with E-state index in [1.807, 2.05) is 0 Å². The molecule has 1 amide bonds. The number of aromatic nitrogens is 2. The summed E-state index contributed by atoms with van der Waals surface area (Å²) >= 11 is 0. The highest BCUT2D eigenvalue weighted by atomic mass is 16.4. The minimum atomic E-state index is -1.34. The number of carbonyl (C=O) groups is 2. The minimum Gasteiger partial charge on any atom is -0.480 e. The van der Waals surface area contributed by atoms with Crippen LogP contribution in [0, 0.1) is 0 Å². The van der Waals surface area contributed by atoms with Gasteiger partial charge in [0.05, 0.1) is 17.8 Å².